The van der Waals surface area contributed by atoms with Crippen LogP contribution in [-0.4, -0.2) is 30.2 Å². The maximum atomic E-state index is 9.58. The number of halogens is 1. The Morgan fingerprint density at radius 3 is 2.53 bits per heavy atom. The maximum Gasteiger partial charge on any atom is 0.0772 e. The molecular weight excluding hydrogens is 298 g/mol. The van der Waals surface area contributed by atoms with E-state index in [0.29, 0.717) is 6.04 Å². The van der Waals surface area contributed by atoms with E-state index >= 15 is 0 Å². The molecule has 0 radical (unpaired) electrons. The summed E-state index contributed by atoms with van der Waals surface area (Å²) in [7, 11) is 2.10. The van der Waals surface area contributed by atoms with Gasteiger partial charge in [0.25, 0.3) is 0 Å². The van der Waals surface area contributed by atoms with E-state index in [-0.39, 0.29) is 0 Å². The largest absolute Gasteiger partial charge is 0.389 e. The second kappa shape index (κ2) is 6.66. The van der Waals surface area contributed by atoms with Gasteiger partial charge in [0.15, 0.2) is 0 Å². The molecule has 17 heavy (non-hydrogen) atoms. The summed E-state index contributed by atoms with van der Waals surface area (Å²) in [5.74, 6) is 1.10. The zero-order valence-electron chi connectivity index (χ0n) is 10.8. The highest BCUT2D eigenvalue weighted by Gasteiger charge is 2.12. The Balaban J connectivity index is 2.89. The van der Waals surface area contributed by atoms with Gasteiger partial charge in [0, 0.05) is 29.0 Å². The molecule has 0 fully saturated rings. The molecule has 0 aliphatic heterocycles. The highest BCUT2D eigenvalue weighted by Crippen LogP contribution is 2.28. The molecule has 1 rings (SSSR count). The van der Waals surface area contributed by atoms with Crippen molar-refractivity contribution < 1.29 is 5.11 Å². The van der Waals surface area contributed by atoms with Gasteiger partial charge in [-0.1, -0.05) is 22.0 Å². The SMILES string of the molecule is CSCC(C)N(C)c1ccc([C@@H](C)O)c(Br)c1. The van der Waals surface area contributed by atoms with Gasteiger partial charge in [-0.2, -0.15) is 11.8 Å². The Bertz CT molecular complexity index is 370. The van der Waals surface area contributed by atoms with Gasteiger partial charge in [-0.05, 0) is 37.8 Å². The highest BCUT2D eigenvalue weighted by atomic mass is 79.9. The molecule has 1 aromatic carbocycles. The number of benzene rings is 1. The van der Waals surface area contributed by atoms with Crippen molar-refractivity contribution in [3.05, 3.63) is 28.2 Å². The Labute approximate surface area is 117 Å². The van der Waals surface area contributed by atoms with Gasteiger partial charge in [-0.15, -0.1) is 0 Å². The Kier molecular flexibility index (Phi) is 5.83. The van der Waals surface area contributed by atoms with Crippen molar-refractivity contribution in [3.8, 4) is 0 Å². The lowest BCUT2D eigenvalue weighted by molar-refractivity contribution is 0.198. The summed E-state index contributed by atoms with van der Waals surface area (Å²) >= 11 is 5.36. The van der Waals surface area contributed by atoms with Crippen molar-refractivity contribution in [2.24, 2.45) is 0 Å². The molecule has 2 atom stereocenters. The summed E-state index contributed by atoms with van der Waals surface area (Å²) in [5, 5.41) is 9.58. The zero-order chi connectivity index (χ0) is 13.0. The summed E-state index contributed by atoms with van der Waals surface area (Å²) in [4.78, 5) is 2.26. The fourth-order valence-electron chi connectivity index (χ4n) is 1.68. The minimum atomic E-state index is -0.438. The van der Waals surface area contributed by atoms with E-state index in [4.69, 9.17) is 0 Å². The maximum absolute atomic E-state index is 9.58. The molecule has 0 saturated heterocycles. The lowest BCUT2D eigenvalue weighted by Gasteiger charge is -2.27. The monoisotopic (exact) mass is 317 g/mol. The van der Waals surface area contributed by atoms with Gasteiger partial charge in [0.1, 0.15) is 0 Å². The summed E-state index contributed by atoms with van der Waals surface area (Å²) in [6.45, 7) is 3.99. The van der Waals surface area contributed by atoms with Crippen LogP contribution in [0, 0.1) is 0 Å². The summed E-state index contributed by atoms with van der Waals surface area (Å²) in [6.07, 6.45) is 1.68. The number of hydrogen-bond donors (Lipinski definition) is 1. The molecule has 2 nitrogen and oxygen atoms in total. The third-order valence-electron chi connectivity index (χ3n) is 2.91. The summed E-state index contributed by atoms with van der Waals surface area (Å²) < 4.78 is 0.966. The second-order valence-corrected chi connectivity index (χ2v) is 6.06. The van der Waals surface area contributed by atoms with Crippen molar-refractivity contribution in [3.63, 3.8) is 0 Å². The van der Waals surface area contributed by atoms with E-state index in [1.807, 2.05) is 17.8 Å². The quantitative estimate of drug-likeness (QED) is 0.896. The van der Waals surface area contributed by atoms with Crippen molar-refractivity contribution in [1.29, 1.82) is 0 Å². The normalized spacial score (nSPS) is 14.5. The van der Waals surface area contributed by atoms with Crippen LogP contribution in [0.5, 0.6) is 0 Å². The minimum absolute atomic E-state index is 0.438. The Hall–Kier alpha value is -0.190. The first kappa shape index (κ1) is 14.9. The highest BCUT2D eigenvalue weighted by molar-refractivity contribution is 9.10. The number of anilines is 1. The van der Waals surface area contributed by atoms with Crippen LogP contribution in [-0.2, 0) is 0 Å². The number of nitrogens with zero attached hydrogens (tertiary/aromatic N) is 1. The molecule has 0 amide bonds. The first-order chi connectivity index (χ1) is 7.97. The van der Waals surface area contributed by atoms with Crippen molar-refractivity contribution >= 4 is 33.4 Å². The lowest BCUT2D eigenvalue weighted by atomic mass is 10.1. The van der Waals surface area contributed by atoms with Gasteiger partial charge >= 0.3 is 0 Å². The Morgan fingerprint density at radius 1 is 1.41 bits per heavy atom. The second-order valence-electron chi connectivity index (χ2n) is 4.30. The molecule has 1 N–H and O–H groups in total. The molecule has 1 aromatic rings. The van der Waals surface area contributed by atoms with E-state index in [1.54, 1.807) is 6.92 Å². The predicted octanol–water partition coefficient (Wildman–Crippen LogP) is 3.69. The van der Waals surface area contributed by atoms with Crippen LogP contribution in [0.4, 0.5) is 5.69 Å². The molecule has 4 heteroatoms. The molecule has 0 bridgehead atoms. The molecule has 1 unspecified atom stereocenters. The zero-order valence-corrected chi connectivity index (χ0v) is 13.2. The van der Waals surface area contributed by atoms with Crippen LogP contribution in [0.2, 0.25) is 0 Å². The van der Waals surface area contributed by atoms with E-state index in [2.05, 4.69) is 53.2 Å². The molecule has 0 saturated carbocycles. The van der Waals surface area contributed by atoms with Gasteiger partial charge in [-0.3, -0.25) is 0 Å². The molecule has 0 aliphatic rings. The first-order valence-corrected chi connectivity index (χ1v) is 7.85. The average molecular weight is 318 g/mol. The van der Waals surface area contributed by atoms with Crippen LogP contribution in [0.3, 0.4) is 0 Å². The minimum Gasteiger partial charge on any atom is -0.389 e. The fourth-order valence-corrected chi connectivity index (χ4v) is 3.09. The third kappa shape index (κ3) is 3.90. The van der Waals surface area contributed by atoms with Crippen LogP contribution in [0.1, 0.15) is 25.5 Å². The van der Waals surface area contributed by atoms with Gasteiger partial charge in [0.05, 0.1) is 6.10 Å². The van der Waals surface area contributed by atoms with Crippen molar-refractivity contribution in [2.75, 3.05) is 24.0 Å². The molecule has 0 aromatic heterocycles. The number of hydrogen-bond acceptors (Lipinski definition) is 3. The van der Waals surface area contributed by atoms with E-state index < -0.39 is 6.10 Å². The number of rotatable bonds is 5. The van der Waals surface area contributed by atoms with Gasteiger partial charge in [-0.25, -0.2) is 0 Å². The van der Waals surface area contributed by atoms with Gasteiger partial charge in [0.2, 0.25) is 0 Å². The van der Waals surface area contributed by atoms with Crippen LogP contribution in [0.15, 0.2) is 22.7 Å². The summed E-state index contributed by atoms with van der Waals surface area (Å²) in [5.41, 5.74) is 2.10. The lowest BCUT2D eigenvalue weighted by Crippen LogP contribution is -2.30. The van der Waals surface area contributed by atoms with Crippen molar-refractivity contribution in [1.82, 2.24) is 0 Å². The molecule has 0 spiro atoms. The van der Waals surface area contributed by atoms with Crippen LogP contribution in [0.25, 0.3) is 0 Å². The number of thioether (sulfide) groups is 1. The van der Waals surface area contributed by atoms with E-state index in [0.717, 1.165) is 15.8 Å². The third-order valence-corrected chi connectivity index (χ3v) is 4.41. The number of aliphatic hydroxyl groups excluding tert-OH is 1. The van der Waals surface area contributed by atoms with Crippen LogP contribution < -0.4 is 4.90 Å². The van der Waals surface area contributed by atoms with E-state index in [9.17, 15) is 5.11 Å². The smallest absolute Gasteiger partial charge is 0.0772 e. The molecule has 0 heterocycles. The Morgan fingerprint density at radius 2 is 2.06 bits per heavy atom. The molecule has 96 valence electrons. The molecular formula is C13H20BrNOS. The van der Waals surface area contributed by atoms with Gasteiger partial charge < -0.3 is 10.0 Å². The summed E-state index contributed by atoms with van der Waals surface area (Å²) in [6, 6.07) is 6.60. The standard InChI is InChI=1S/C13H20BrNOS/c1-9(8-17-4)15(3)11-5-6-12(10(2)16)13(14)7-11/h5-7,9-10,16H,8H2,1-4H3/t9?,10-/m1/s1. The van der Waals surface area contributed by atoms with Crippen LogP contribution >= 0.6 is 27.7 Å². The topological polar surface area (TPSA) is 23.5 Å². The number of aliphatic hydroxyl groups is 1. The van der Waals surface area contributed by atoms with Crippen molar-refractivity contribution in [2.45, 2.75) is 26.0 Å². The predicted molar refractivity (Wildman–Crippen MR) is 81.0 cm³/mol. The fraction of sp³-hybridized carbons (Fsp3) is 0.538. The molecule has 0 aliphatic carbocycles. The first-order valence-electron chi connectivity index (χ1n) is 5.66. The average Bonchev–Trinajstić information content (AvgIpc) is 2.27. The van der Waals surface area contributed by atoms with E-state index in [1.165, 1.54) is 5.69 Å².